The summed E-state index contributed by atoms with van der Waals surface area (Å²) in [5.41, 5.74) is 3.57. The Labute approximate surface area is 145 Å². The molecule has 0 saturated heterocycles. The van der Waals surface area contributed by atoms with E-state index in [0.29, 0.717) is 17.1 Å². The molecule has 0 heterocycles. The highest BCUT2D eigenvalue weighted by Gasteiger charge is 2.07. The average Bonchev–Trinajstić information content (AvgIpc) is 2.66. The maximum absolute atomic E-state index is 11.9. The summed E-state index contributed by atoms with van der Waals surface area (Å²) >= 11 is 0. The van der Waals surface area contributed by atoms with Crippen LogP contribution in [-0.2, 0) is 4.79 Å². The summed E-state index contributed by atoms with van der Waals surface area (Å²) < 4.78 is 10.1. The summed E-state index contributed by atoms with van der Waals surface area (Å²) in [6.07, 6.45) is 1.49. The quantitative estimate of drug-likeness (QED) is 0.591. The Kier molecular flexibility index (Phi) is 6.53. The van der Waals surface area contributed by atoms with Crippen LogP contribution in [0.1, 0.15) is 15.9 Å². The molecule has 0 atom stereocenters. The van der Waals surface area contributed by atoms with E-state index in [1.165, 1.54) is 6.21 Å². The molecule has 0 aromatic heterocycles. The van der Waals surface area contributed by atoms with Crippen LogP contribution in [0.2, 0.25) is 0 Å². The van der Waals surface area contributed by atoms with Gasteiger partial charge in [0.05, 0.1) is 27.0 Å². The number of amides is 2. The highest BCUT2D eigenvalue weighted by Crippen LogP contribution is 2.11. The molecular formula is C18H19N3O4. The van der Waals surface area contributed by atoms with Gasteiger partial charge in [0.2, 0.25) is 0 Å². The van der Waals surface area contributed by atoms with E-state index in [9.17, 15) is 9.59 Å². The second-order valence-electron chi connectivity index (χ2n) is 4.98. The Morgan fingerprint density at radius 1 is 1.04 bits per heavy atom. The summed E-state index contributed by atoms with van der Waals surface area (Å²) in [4.78, 5) is 23.6. The van der Waals surface area contributed by atoms with Crippen LogP contribution in [0.25, 0.3) is 0 Å². The third-order valence-electron chi connectivity index (χ3n) is 3.26. The first kappa shape index (κ1) is 18.0. The van der Waals surface area contributed by atoms with Gasteiger partial charge in [-0.25, -0.2) is 5.43 Å². The lowest BCUT2D eigenvalue weighted by Crippen LogP contribution is -2.34. The standard InChI is InChI=1S/C18H19N3O4/c1-24-15-8-6-14(7-9-15)18(23)19-12-17(22)21-20-11-13-4-3-5-16(10-13)25-2/h3-11H,12H2,1-2H3,(H,19,23)(H,21,22)/b20-11+. The molecule has 2 amide bonds. The predicted molar refractivity (Wildman–Crippen MR) is 94.1 cm³/mol. The van der Waals surface area contributed by atoms with E-state index >= 15 is 0 Å². The zero-order valence-electron chi connectivity index (χ0n) is 14.0. The summed E-state index contributed by atoms with van der Waals surface area (Å²) in [6, 6.07) is 13.8. The fourth-order valence-electron chi connectivity index (χ4n) is 1.95. The number of hydrazone groups is 1. The molecule has 0 unspecified atom stereocenters. The van der Waals surface area contributed by atoms with E-state index in [4.69, 9.17) is 9.47 Å². The van der Waals surface area contributed by atoms with Gasteiger partial charge in [-0.1, -0.05) is 12.1 Å². The topological polar surface area (TPSA) is 89.0 Å². The van der Waals surface area contributed by atoms with Crippen molar-refractivity contribution in [2.75, 3.05) is 20.8 Å². The molecule has 7 nitrogen and oxygen atoms in total. The zero-order chi connectivity index (χ0) is 18.1. The minimum absolute atomic E-state index is 0.180. The number of hydrogen-bond acceptors (Lipinski definition) is 5. The van der Waals surface area contributed by atoms with Crippen molar-refractivity contribution < 1.29 is 19.1 Å². The van der Waals surface area contributed by atoms with Crippen molar-refractivity contribution in [3.8, 4) is 11.5 Å². The molecule has 0 aliphatic carbocycles. The molecule has 0 aliphatic heterocycles. The van der Waals surface area contributed by atoms with Crippen LogP contribution < -0.4 is 20.2 Å². The molecule has 0 aliphatic rings. The van der Waals surface area contributed by atoms with Crippen LogP contribution in [0.4, 0.5) is 0 Å². The number of nitrogens with zero attached hydrogens (tertiary/aromatic N) is 1. The fraction of sp³-hybridized carbons (Fsp3) is 0.167. The minimum atomic E-state index is -0.430. The molecular weight excluding hydrogens is 322 g/mol. The second kappa shape index (κ2) is 9.07. The van der Waals surface area contributed by atoms with Crippen molar-refractivity contribution in [1.29, 1.82) is 0 Å². The van der Waals surface area contributed by atoms with Gasteiger partial charge in [0.15, 0.2) is 0 Å². The molecule has 130 valence electrons. The number of hydrogen-bond donors (Lipinski definition) is 2. The zero-order valence-corrected chi connectivity index (χ0v) is 14.0. The summed E-state index contributed by atoms with van der Waals surface area (Å²) in [5.74, 6) is 0.568. The maximum Gasteiger partial charge on any atom is 0.259 e. The SMILES string of the molecule is COc1ccc(C(=O)NCC(=O)N/N=C/c2cccc(OC)c2)cc1. The van der Waals surface area contributed by atoms with E-state index < -0.39 is 5.91 Å². The van der Waals surface area contributed by atoms with Crippen molar-refractivity contribution in [3.05, 3.63) is 59.7 Å². The Bertz CT molecular complexity index is 757. The molecule has 25 heavy (non-hydrogen) atoms. The van der Waals surface area contributed by atoms with Gasteiger partial charge in [0.25, 0.3) is 11.8 Å². The van der Waals surface area contributed by atoms with E-state index in [0.717, 1.165) is 5.56 Å². The van der Waals surface area contributed by atoms with Gasteiger partial charge in [0.1, 0.15) is 11.5 Å². The van der Waals surface area contributed by atoms with Crippen molar-refractivity contribution in [2.24, 2.45) is 5.10 Å². The highest BCUT2D eigenvalue weighted by atomic mass is 16.5. The van der Waals surface area contributed by atoms with E-state index in [-0.39, 0.29) is 12.5 Å². The predicted octanol–water partition coefficient (Wildman–Crippen LogP) is 1.58. The largest absolute Gasteiger partial charge is 0.497 e. The molecule has 2 aromatic rings. The minimum Gasteiger partial charge on any atom is -0.497 e. The molecule has 7 heteroatoms. The molecule has 0 fully saturated rings. The van der Waals surface area contributed by atoms with Crippen LogP contribution in [0.3, 0.4) is 0 Å². The van der Waals surface area contributed by atoms with Gasteiger partial charge in [-0.15, -0.1) is 0 Å². The van der Waals surface area contributed by atoms with Crippen molar-refractivity contribution >= 4 is 18.0 Å². The lowest BCUT2D eigenvalue weighted by Gasteiger charge is -2.05. The number of carbonyl (C=O) groups is 2. The van der Waals surface area contributed by atoms with Crippen LogP contribution in [0, 0.1) is 0 Å². The molecule has 2 rings (SSSR count). The van der Waals surface area contributed by atoms with Crippen molar-refractivity contribution in [1.82, 2.24) is 10.7 Å². The fourth-order valence-corrected chi connectivity index (χ4v) is 1.95. The van der Waals surface area contributed by atoms with Crippen LogP contribution in [-0.4, -0.2) is 38.8 Å². The van der Waals surface area contributed by atoms with Gasteiger partial charge in [-0.05, 0) is 42.0 Å². The van der Waals surface area contributed by atoms with Crippen LogP contribution in [0.15, 0.2) is 53.6 Å². The van der Waals surface area contributed by atoms with E-state index in [2.05, 4.69) is 15.8 Å². The van der Waals surface area contributed by atoms with E-state index in [1.807, 2.05) is 18.2 Å². The van der Waals surface area contributed by atoms with Crippen molar-refractivity contribution in [2.45, 2.75) is 0 Å². The van der Waals surface area contributed by atoms with Gasteiger partial charge in [-0.2, -0.15) is 5.10 Å². The Balaban J connectivity index is 1.79. The molecule has 0 radical (unpaired) electrons. The van der Waals surface area contributed by atoms with Gasteiger partial charge in [-0.3, -0.25) is 9.59 Å². The molecule has 2 aromatic carbocycles. The van der Waals surface area contributed by atoms with Gasteiger partial charge in [0, 0.05) is 5.56 Å². The van der Waals surface area contributed by atoms with Gasteiger partial charge >= 0.3 is 0 Å². The first-order chi connectivity index (χ1) is 12.1. The number of benzene rings is 2. The third-order valence-corrected chi connectivity index (χ3v) is 3.26. The molecule has 0 spiro atoms. The number of nitrogens with one attached hydrogen (secondary N) is 2. The van der Waals surface area contributed by atoms with E-state index in [1.54, 1.807) is 44.6 Å². The number of ether oxygens (including phenoxy) is 2. The first-order valence-corrected chi connectivity index (χ1v) is 7.50. The monoisotopic (exact) mass is 341 g/mol. The lowest BCUT2D eigenvalue weighted by atomic mass is 10.2. The third kappa shape index (κ3) is 5.65. The molecule has 0 saturated carbocycles. The lowest BCUT2D eigenvalue weighted by molar-refractivity contribution is -0.120. The van der Waals surface area contributed by atoms with Crippen LogP contribution >= 0.6 is 0 Å². The highest BCUT2D eigenvalue weighted by molar-refractivity contribution is 5.96. The second-order valence-corrected chi connectivity index (χ2v) is 4.98. The average molecular weight is 341 g/mol. The maximum atomic E-state index is 11.9. The number of carbonyl (C=O) groups excluding carboxylic acids is 2. The summed E-state index contributed by atoms with van der Waals surface area (Å²) in [7, 11) is 3.12. The number of methoxy groups -OCH3 is 2. The van der Waals surface area contributed by atoms with Crippen molar-refractivity contribution in [3.63, 3.8) is 0 Å². The smallest absolute Gasteiger partial charge is 0.259 e. The van der Waals surface area contributed by atoms with Gasteiger partial charge < -0.3 is 14.8 Å². The Hall–Kier alpha value is -3.35. The summed E-state index contributed by atoms with van der Waals surface area (Å²) in [6.45, 7) is -0.180. The number of rotatable bonds is 7. The normalized spacial score (nSPS) is 10.3. The molecule has 2 N–H and O–H groups in total. The summed E-state index contributed by atoms with van der Waals surface area (Å²) in [5, 5.41) is 6.36. The Morgan fingerprint density at radius 2 is 1.76 bits per heavy atom. The molecule has 0 bridgehead atoms. The Morgan fingerprint density at radius 3 is 2.44 bits per heavy atom. The first-order valence-electron chi connectivity index (χ1n) is 7.50. The van der Waals surface area contributed by atoms with Crippen LogP contribution in [0.5, 0.6) is 11.5 Å².